The van der Waals surface area contributed by atoms with Gasteiger partial charge < -0.3 is 15.5 Å². The highest BCUT2D eigenvalue weighted by Crippen LogP contribution is 2.29. The van der Waals surface area contributed by atoms with Crippen LogP contribution in [0.2, 0.25) is 0 Å². The van der Waals surface area contributed by atoms with Gasteiger partial charge in [-0.25, -0.2) is 18.7 Å². The third-order valence-corrected chi connectivity index (χ3v) is 4.93. The fourth-order valence-electron chi connectivity index (χ4n) is 3.04. The number of nitrogen functional groups attached to an aromatic ring is 1. The van der Waals surface area contributed by atoms with Gasteiger partial charge in [0.1, 0.15) is 12.5 Å². The Labute approximate surface area is 183 Å². The summed E-state index contributed by atoms with van der Waals surface area (Å²) in [5.41, 5.74) is 9.61. The van der Waals surface area contributed by atoms with Gasteiger partial charge in [-0.2, -0.15) is 0 Å². The van der Waals surface area contributed by atoms with Crippen LogP contribution in [0.3, 0.4) is 0 Å². The Hall–Kier alpha value is -3.72. The smallest absolute Gasteiger partial charge is 0.270 e. The zero-order chi connectivity index (χ0) is 22.7. The molecule has 7 nitrogen and oxygen atoms in total. The van der Waals surface area contributed by atoms with Gasteiger partial charge in [-0.05, 0) is 31.5 Å². The topological polar surface area (TPSA) is 103 Å². The van der Waals surface area contributed by atoms with Gasteiger partial charge in [0.05, 0.1) is 17.5 Å². The lowest BCUT2D eigenvalue weighted by Gasteiger charge is -2.10. The van der Waals surface area contributed by atoms with Crippen LogP contribution >= 0.6 is 0 Å². The molecule has 164 valence electrons. The summed E-state index contributed by atoms with van der Waals surface area (Å²) in [5, 5.41) is 10.9. The monoisotopic (exact) mass is 436 g/mol. The van der Waals surface area contributed by atoms with Crippen molar-refractivity contribution < 1.29 is 13.2 Å². The van der Waals surface area contributed by atoms with E-state index in [4.69, 9.17) is 10.2 Å². The molecule has 2 aromatic heterocycles. The minimum absolute atomic E-state index is 0.00363. The van der Waals surface area contributed by atoms with Crippen LogP contribution in [0.5, 0.6) is 0 Å². The molecule has 0 radical (unpaired) electrons. The first-order valence-electron chi connectivity index (χ1n) is 10.1. The molecule has 0 bridgehead atoms. The number of hydrogen-bond acceptors (Lipinski definition) is 7. The molecule has 1 unspecified atom stereocenters. The van der Waals surface area contributed by atoms with Gasteiger partial charge in [0, 0.05) is 18.2 Å². The first kappa shape index (κ1) is 21.5. The number of nitrogens with two attached hydrogens (primary N) is 1. The minimum atomic E-state index is -0.528. The van der Waals surface area contributed by atoms with Crippen molar-refractivity contribution in [2.45, 2.75) is 26.4 Å². The number of benzene rings is 2. The van der Waals surface area contributed by atoms with Crippen LogP contribution in [0, 0.1) is 12.7 Å². The van der Waals surface area contributed by atoms with Crippen molar-refractivity contribution in [2.24, 2.45) is 0 Å². The molecule has 9 heteroatoms. The standard InChI is InChI=1S/C23H22F2N6O/c1-13-3-6-16(7-4-13)19-12-28-21(26)20(29-19)23-31-30-22(32-23)17-8-5-15(9-18(17)25)11-27-14(2)10-24/h3-9,12,14,27H,10-11H2,1-2H3,(H2,26,28). The van der Waals surface area contributed by atoms with Gasteiger partial charge in [0.15, 0.2) is 11.5 Å². The molecule has 32 heavy (non-hydrogen) atoms. The van der Waals surface area contributed by atoms with E-state index in [1.54, 1.807) is 25.3 Å². The van der Waals surface area contributed by atoms with E-state index in [0.29, 0.717) is 17.8 Å². The molecule has 0 saturated heterocycles. The van der Waals surface area contributed by atoms with E-state index in [1.807, 2.05) is 31.2 Å². The van der Waals surface area contributed by atoms with Crippen LogP contribution in [-0.4, -0.2) is 32.9 Å². The second-order valence-corrected chi connectivity index (χ2v) is 7.52. The highest BCUT2D eigenvalue weighted by Gasteiger charge is 2.19. The average Bonchev–Trinajstić information content (AvgIpc) is 3.28. The fraction of sp³-hybridized carbons (Fsp3) is 0.217. The van der Waals surface area contributed by atoms with Crippen LogP contribution in [0.4, 0.5) is 14.6 Å². The zero-order valence-corrected chi connectivity index (χ0v) is 17.6. The van der Waals surface area contributed by atoms with Crippen molar-refractivity contribution in [3.63, 3.8) is 0 Å². The summed E-state index contributed by atoms with van der Waals surface area (Å²) in [5.74, 6) is -0.364. The second-order valence-electron chi connectivity index (χ2n) is 7.52. The van der Waals surface area contributed by atoms with Crippen LogP contribution in [0.25, 0.3) is 34.3 Å². The maximum absolute atomic E-state index is 14.7. The van der Waals surface area contributed by atoms with Crippen LogP contribution in [0.15, 0.2) is 53.1 Å². The normalized spacial score (nSPS) is 12.1. The number of nitrogens with one attached hydrogen (secondary N) is 1. The molecule has 0 saturated carbocycles. The Morgan fingerprint density at radius 3 is 2.56 bits per heavy atom. The van der Waals surface area contributed by atoms with E-state index in [2.05, 4.69) is 25.5 Å². The Kier molecular flexibility index (Phi) is 6.18. The molecule has 2 aromatic carbocycles. The number of nitrogens with zero attached hydrogens (tertiary/aromatic N) is 4. The van der Waals surface area contributed by atoms with Crippen molar-refractivity contribution in [3.05, 3.63) is 65.6 Å². The number of aromatic nitrogens is 4. The Morgan fingerprint density at radius 1 is 1.09 bits per heavy atom. The molecule has 2 heterocycles. The fourth-order valence-corrected chi connectivity index (χ4v) is 3.04. The lowest BCUT2D eigenvalue weighted by molar-refractivity contribution is 0.391. The summed E-state index contributed by atoms with van der Waals surface area (Å²) >= 11 is 0. The van der Waals surface area contributed by atoms with E-state index >= 15 is 0 Å². The maximum Gasteiger partial charge on any atom is 0.270 e. The molecule has 0 spiro atoms. The summed E-state index contributed by atoms with van der Waals surface area (Å²) < 4.78 is 32.9. The molecule has 3 N–H and O–H groups in total. The van der Waals surface area contributed by atoms with Gasteiger partial charge in [-0.3, -0.25) is 0 Å². The highest BCUT2D eigenvalue weighted by molar-refractivity contribution is 5.69. The van der Waals surface area contributed by atoms with Crippen molar-refractivity contribution in [1.82, 2.24) is 25.5 Å². The number of rotatable bonds is 7. The summed E-state index contributed by atoms with van der Waals surface area (Å²) in [4.78, 5) is 8.71. The van der Waals surface area contributed by atoms with Gasteiger partial charge in [0.2, 0.25) is 0 Å². The first-order chi connectivity index (χ1) is 15.4. The lowest BCUT2D eigenvalue weighted by Crippen LogP contribution is -2.27. The third kappa shape index (κ3) is 4.62. The van der Waals surface area contributed by atoms with E-state index in [1.165, 1.54) is 6.07 Å². The third-order valence-electron chi connectivity index (χ3n) is 4.93. The largest absolute Gasteiger partial charge is 0.414 e. The van der Waals surface area contributed by atoms with Crippen LogP contribution < -0.4 is 11.1 Å². The molecule has 1 atom stereocenters. The zero-order valence-electron chi connectivity index (χ0n) is 17.6. The molecule has 0 aliphatic heterocycles. The van der Waals surface area contributed by atoms with Crippen LogP contribution in [-0.2, 0) is 6.54 Å². The number of anilines is 1. The van der Waals surface area contributed by atoms with Crippen molar-refractivity contribution in [1.29, 1.82) is 0 Å². The van der Waals surface area contributed by atoms with Gasteiger partial charge in [0.25, 0.3) is 11.8 Å². The van der Waals surface area contributed by atoms with E-state index in [9.17, 15) is 8.78 Å². The Balaban J connectivity index is 1.60. The number of alkyl halides is 1. The summed E-state index contributed by atoms with van der Waals surface area (Å²) in [6, 6.07) is 12.1. The Bertz CT molecular complexity index is 1230. The van der Waals surface area contributed by atoms with E-state index in [-0.39, 0.29) is 34.9 Å². The quantitative estimate of drug-likeness (QED) is 0.444. The molecule has 4 rings (SSSR count). The molecule has 0 amide bonds. The maximum atomic E-state index is 14.7. The SMILES string of the molecule is Cc1ccc(-c2cnc(N)c(-c3nnc(-c4ccc(CNC(C)CF)cc4F)o3)n2)cc1. The first-order valence-corrected chi connectivity index (χ1v) is 10.1. The summed E-state index contributed by atoms with van der Waals surface area (Å²) in [6.45, 7) is 3.56. The molecule has 0 aliphatic carbocycles. The summed E-state index contributed by atoms with van der Waals surface area (Å²) in [7, 11) is 0. The average molecular weight is 436 g/mol. The predicted molar refractivity (Wildman–Crippen MR) is 118 cm³/mol. The van der Waals surface area contributed by atoms with Gasteiger partial charge in [-0.15, -0.1) is 10.2 Å². The number of hydrogen-bond donors (Lipinski definition) is 2. The molecule has 0 fully saturated rings. The van der Waals surface area contributed by atoms with Crippen LogP contribution in [0.1, 0.15) is 18.1 Å². The van der Waals surface area contributed by atoms with E-state index < -0.39 is 12.5 Å². The number of halogens is 2. The minimum Gasteiger partial charge on any atom is -0.414 e. The molecular weight excluding hydrogens is 414 g/mol. The summed E-state index contributed by atoms with van der Waals surface area (Å²) in [6.07, 6.45) is 1.57. The van der Waals surface area contributed by atoms with Crippen molar-refractivity contribution in [3.8, 4) is 34.3 Å². The highest BCUT2D eigenvalue weighted by atomic mass is 19.1. The lowest BCUT2D eigenvalue weighted by atomic mass is 10.1. The molecule has 4 aromatic rings. The van der Waals surface area contributed by atoms with Crippen molar-refractivity contribution in [2.75, 3.05) is 12.4 Å². The van der Waals surface area contributed by atoms with Crippen molar-refractivity contribution >= 4 is 5.82 Å². The second kappa shape index (κ2) is 9.19. The molecule has 0 aliphatic rings. The molecular formula is C23H22F2N6O. The van der Waals surface area contributed by atoms with E-state index in [0.717, 1.165) is 11.1 Å². The van der Waals surface area contributed by atoms with Gasteiger partial charge >= 0.3 is 0 Å². The predicted octanol–water partition coefficient (Wildman–Crippen LogP) is 4.34. The Morgan fingerprint density at radius 2 is 1.84 bits per heavy atom. The van der Waals surface area contributed by atoms with Gasteiger partial charge in [-0.1, -0.05) is 35.9 Å². The number of aryl methyl sites for hydroxylation is 1.